The summed E-state index contributed by atoms with van der Waals surface area (Å²) in [4.78, 5) is 32.9. The Balaban J connectivity index is 4.39. The SMILES string of the molecule is CC(C)CC(N)C(=O)N[C@@H](CC(N)=O)C(=O)O. The molecule has 0 radical (unpaired) electrons. The zero-order valence-corrected chi connectivity index (χ0v) is 9.97. The second-order valence-corrected chi connectivity index (χ2v) is 4.31. The standard InChI is InChI=1S/C10H19N3O4/c1-5(2)3-6(11)9(15)13-7(10(16)17)4-8(12)14/h5-7H,3-4,11H2,1-2H3,(H2,12,14)(H,13,15)(H,16,17)/t6?,7-/m0/s1. The van der Waals surface area contributed by atoms with Crippen LogP contribution in [0.4, 0.5) is 0 Å². The Hall–Kier alpha value is -1.63. The van der Waals surface area contributed by atoms with Gasteiger partial charge in [-0.3, -0.25) is 9.59 Å². The molecule has 0 spiro atoms. The van der Waals surface area contributed by atoms with E-state index in [-0.39, 0.29) is 5.92 Å². The third kappa shape index (κ3) is 6.52. The molecule has 0 heterocycles. The number of amides is 2. The maximum Gasteiger partial charge on any atom is 0.326 e. The summed E-state index contributed by atoms with van der Waals surface area (Å²) in [6, 6.07) is -2.11. The van der Waals surface area contributed by atoms with Gasteiger partial charge >= 0.3 is 5.97 Å². The lowest BCUT2D eigenvalue weighted by Gasteiger charge is -2.17. The number of rotatable bonds is 7. The molecule has 7 heteroatoms. The van der Waals surface area contributed by atoms with Crippen molar-refractivity contribution < 1.29 is 19.5 Å². The van der Waals surface area contributed by atoms with Crippen molar-refractivity contribution in [2.75, 3.05) is 0 Å². The summed E-state index contributed by atoms with van der Waals surface area (Å²) in [6.45, 7) is 3.79. The molecular weight excluding hydrogens is 226 g/mol. The quantitative estimate of drug-likeness (QED) is 0.447. The van der Waals surface area contributed by atoms with Crippen LogP contribution in [0, 0.1) is 5.92 Å². The highest BCUT2D eigenvalue weighted by Gasteiger charge is 2.25. The highest BCUT2D eigenvalue weighted by molar-refractivity contribution is 5.89. The molecule has 0 saturated carbocycles. The maximum absolute atomic E-state index is 11.5. The number of hydrogen-bond acceptors (Lipinski definition) is 4. The number of carbonyl (C=O) groups excluding carboxylic acids is 2. The fraction of sp³-hybridized carbons (Fsp3) is 0.700. The Morgan fingerprint density at radius 2 is 1.82 bits per heavy atom. The van der Waals surface area contributed by atoms with Crippen molar-refractivity contribution in [1.29, 1.82) is 0 Å². The Labute approximate surface area is 99.5 Å². The smallest absolute Gasteiger partial charge is 0.326 e. The van der Waals surface area contributed by atoms with Crippen LogP contribution in [0.2, 0.25) is 0 Å². The Morgan fingerprint density at radius 3 is 2.18 bits per heavy atom. The molecule has 2 atom stereocenters. The molecule has 98 valence electrons. The minimum atomic E-state index is -1.32. The zero-order valence-electron chi connectivity index (χ0n) is 9.97. The average molecular weight is 245 g/mol. The van der Waals surface area contributed by atoms with Crippen LogP contribution in [0.3, 0.4) is 0 Å². The summed E-state index contributed by atoms with van der Waals surface area (Å²) >= 11 is 0. The lowest BCUT2D eigenvalue weighted by molar-refractivity contribution is -0.143. The van der Waals surface area contributed by atoms with Gasteiger partial charge in [0.15, 0.2) is 0 Å². The molecule has 0 aromatic rings. The first-order chi connectivity index (χ1) is 7.73. The molecular formula is C10H19N3O4. The van der Waals surface area contributed by atoms with Gasteiger partial charge in [0, 0.05) is 0 Å². The van der Waals surface area contributed by atoms with Crippen molar-refractivity contribution in [3.8, 4) is 0 Å². The van der Waals surface area contributed by atoms with Gasteiger partial charge in [0.2, 0.25) is 11.8 Å². The number of nitrogens with one attached hydrogen (secondary N) is 1. The molecule has 0 aliphatic heterocycles. The monoisotopic (exact) mass is 245 g/mol. The van der Waals surface area contributed by atoms with E-state index in [0.717, 1.165) is 0 Å². The topological polar surface area (TPSA) is 136 Å². The van der Waals surface area contributed by atoms with Gasteiger partial charge < -0.3 is 21.9 Å². The summed E-state index contributed by atoms with van der Waals surface area (Å²) in [6.07, 6.45) is -0.00971. The van der Waals surface area contributed by atoms with Gasteiger partial charge in [0.25, 0.3) is 0 Å². The van der Waals surface area contributed by atoms with Crippen molar-refractivity contribution in [2.45, 2.75) is 38.8 Å². The van der Waals surface area contributed by atoms with Crippen LogP contribution in [0.15, 0.2) is 0 Å². The van der Waals surface area contributed by atoms with E-state index < -0.39 is 36.3 Å². The third-order valence-corrected chi connectivity index (χ3v) is 2.08. The fourth-order valence-electron chi connectivity index (χ4n) is 1.29. The highest BCUT2D eigenvalue weighted by Crippen LogP contribution is 2.03. The van der Waals surface area contributed by atoms with Gasteiger partial charge in [0.05, 0.1) is 12.5 Å². The fourth-order valence-corrected chi connectivity index (χ4v) is 1.29. The highest BCUT2D eigenvalue weighted by atomic mass is 16.4. The molecule has 6 N–H and O–H groups in total. The lowest BCUT2D eigenvalue weighted by atomic mass is 10.0. The largest absolute Gasteiger partial charge is 0.480 e. The van der Waals surface area contributed by atoms with Gasteiger partial charge in [-0.25, -0.2) is 4.79 Å². The van der Waals surface area contributed by atoms with Gasteiger partial charge in [0.1, 0.15) is 6.04 Å². The zero-order chi connectivity index (χ0) is 13.6. The number of carboxylic acids is 1. The van der Waals surface area contributed by atoms with E-state index in [2.05, 4.69) is 5.32 Å². The van der Waals surface area contributed by atoms with E-state index in [0.29, 0.717) is 6.42 Å². The normalized spacial score (nSPS) is 14.1. The average Bonchev–Trinajstić information content (AvgIpc) is 2.14. The van der Waals surface area contributed by atoms with Gasteiger partial charge in [-0.15, -0.1) is 0 Å². The Morgan fingerprint density at radius 1 is 1.29 bits per heavy atom. The van der Waals surface area contributed by atoms with E-state index >= 15 is 0 Å². The van der Waals surface area contributed by atoms with Crippen LogP contribution in [0.25, 0.3) is 0 Å². The predicted octanol–water partition coefficient (Wildman–Crippen LogP) is -1.20. The van der Waals surface area contributed by atoms with Crippen molar-refractivity contribution in [3.63, 3.8) is 0 Å². The molecule has 0 bridgehead atoms. The summed E-state index contributed by atoms with van der Waals surface area (Å²) in [7, 11) is 0. The van der Waals surface area contributed by atoms with Crippen molar-refractivity contribution in [1.82, 2.24) is 5.32 Å². The van der Waals surface area contributed by atoms with Crippen molar-refractivity contribution >= 4 is 17.8 Å². The van der Waals surface area contributed by atoms with Crippen molar-refractivity contribution in [3.05, 3.63) is 0 Å². The lowest BCUT2D eigenvalue weighted by Crippen LogP contribution is -2.50. The number of hydrogen-bond donors (Lipinski definition) is 4. The van der Waals surface area contributed by atoms with Gasteiger partial charge in [-0.05, 0) is 12.3 Å². The van der Waals surface area contributed by atoms with Crippen LogP contribution in [-0.4, -0.2) is 35.0 Å². The van der Waals surface area contributed by atoms with Gasteiger partial charge in [-0.2, -0.15) is 0 Å². The number of carbonyl (C=O) groups is 3. The second-order valence-electron chi connectivity index (χ2n) is 4.31. The van der Waals surface area contributed by atoms with Crippen LogP contribution >= 0.6 is 0 Å². The third-order valence-electron chi connectivity index (χ3n) is 2.08. The first kappa shape index (κ1) is 15.4. The maximum atomic E-state index is 11.5. The minimum Gasteiger partial charge on any atom is -0.480 e. The van der Waals surface area contributed by atoms with E-state index in [1.165, 1.54) is 0 Å². The molecule has 0 rings (SSSR count). The van der Waals surface area contributed by atoms with E-state index in [9.17, 15) is 14.4 Å². The van der Waals surface area contributed by atoms with E-state index in [1.54, 1.807) is 0 Å². The molecule has 0 aromatic carbocycles. The summed E-state index contributed by atoms with van der Waals surface area (Å²) in [5, 5.41) is 11.0. The molecule has 0 saturated heterocycles. The molecule has 0 aliphatic rings. The molecule has 0 aliphatic carbocycles. The van der Waals surface area contributed by atoms with Crippen LogP contribution in [0.1, 0.15) is 26.7 Å². The van der Waals surface area contributed by atoms with Crippen LogP contribution in [-0.2, 0) is 14.4 Å². The molecule has 7 nitrogen and oxygen atoms in total. The molecule has 1 unspecified atom stereocenters. The summed E-state index contributed by atoms with van der Waals surface area (Å²) < 4.78 is 0. The van der Waals surface area contributed by atoms with Crippen LogP contribution < -0.4 is 16.8 Å². The van der Waals surface area contributed by atoms with E-state index in [1.807, 2.05) is 13.8 Å². The van der Waals surface area contributed by atoms with Crippen molar-refractivity contribution in [2.24, 2.45) is 17.4 Å². The number of carboxylic acid groups (broad SMARTS) is 1. The first-order valence-corrected chi connectivity index (χ1v) is 5.31. The molecule has 17 heavy (non-hydrogen) atoms. The first-order valence-electron chi connectivity index (χ1n) is 5.31. The van der Waals surface area contributed by atoms with Crippen LogP contribution in [0.5, 0.6) is 0 Å². The van der Waals surface area contributed by atoms with Gasteiger partial charge in [-0.1, -0.05) is 13.8 Å². The number of nitrogens with two attached hydrogens (primary N) is 2. The Kier molecular flexibility index (Phi) is 6.19. The van der Waals surface area contributed by atoms with E-state index in [4.69, 9.17) is 16.6 Å². The second kappa shape index (κ2) is 6.85. The summed E-state index contributed by atoms with van der Waals surface area (Å²) in [5.74, 6) is -2.48. The molecule has 0 fully saturated rings. The Bertz CT molecular complexity index is 304. The number of aliphatic carboxylic acids is 1. The summed E-state index contributed by atoms with van der Waals surface area (Å²) in [5.41, 5.74) is 10.5. The predicted molar refractivity (Wildman–Crippen MR) is 60.8 cm³/mol. The number of primary amides is 1. The molecule has 2 amide bonds. The molecule has 0 aromatic heterocycles. The minimum absolute atomic E-state index is 0.218.